The first-order valence-electron chi connectivity index (χ1n) is 6.37. The number of H-pyrrole nitrogens is 1. The van der Waals surface area contributed by atoms with E-state index >= 15 is 0 Å². The third-order valence-electron chi connectivity index (χ3n) is 2.78. The summed E-state index contributed by atoms with van der Waals surface area (Å²) >= 11 is 0. The van der Waals surface area contributed by atoms with Gasteiger partial charge < -0.3 is 10.5 Å². The minimum Gasteiger partial charge on any atom is -0.494 e. The van der Waals surface area contributed by atoms with E-state index in [1.54, 1.807) is 0 Å². The van der Waals surface area contributed by atoms with E-state index in [0.29, 0.717) is 12.4 Å². The molecule has 2 aromatic rings. The van der Waals surface area contributed by atoms with E-state index in [0.717, 1.165) is 24.5 Å². The summed E-state index contributed by atoms with van der Waals surface area (Å²) in [7, 11) is 2.06. The quantitative estimate of drug-likeness (QED) is 0.834. The number of aromatic amines is 1. The summed E-state index contributed by atoms with van der Waals surface area (Å²) in [6.07, 6.45) is 0. The van der Waals surface area contributed by atoms with Crippen LogP contribution in [0.5, 0.6) is 5.75 Å². The number of nitrogen functional groups attached to an aromatic ring is 1. The third kappa shape index (κ3) is 3.99. The zero-order valence-electron chi connectivity index (χ0n) is 11.4. The SMILES string of the molecule is CCOc1ccc(CN(C)Cc2cc(N)n[nH]2)cc1. The highest BCUT2D eigenvalue weighted by molar-refractivity contribution is 5.29. The van der Waals surface area contributed by atoms with Gasteiger partial charge in [0.2, 0.25) is 0 Å². The van der Waals surface area contributed by atoms with E-state index in [-0.39, 0.29) is 0 Å². The second-order valence-corrected chi connectivity index (χ2v) is 4.57. The van der Waals surface area contributed by atoms with Gasteiger partial charge in [0.25, 0.3) is 0 Å². The average Bonchev–Trinajstić information content (AvgIpc) is 2.77. The van der Waals surface area contributed by atoms with Crippen molar-refractivity contribution in [2.45, 2.75) is 20.0 Å². The Morgan fingerprint density at radius 3 is 2.58 bits per heavy atom. The summed E-state index contributed by atoms with van der Waals surface area (Å²) in [5, 5.41) is 6.83. The van der Waals surface area contributed by atoms with Crippen molar-refractivity contribution < 1.29 is 4.74 Å². The number of nitrogens with two attached hydrogens (primary N) is 1. The first-order chi connectivity index (χ1) is 9.17. The first-order valence-corrected chi connectivity index (χ1v) is 6.37. The number of anilines is 1. The van der Waals surface area contributed by atoms with Crippen LogP contribution in [0.3, 0.4) is 0 Å². The van der Waals surface area contributed by atoms with Gasteiger partial charge in [-0.3, -0.25) is 10.00 Å². The predicted octanol–water partition coefficient (Wildman–Crippen LogP) is 2.02. The van der Waals surface area contributed by atoms with Crippen molar-refractivity contribution in [1.82, 2.24) is 15.1 Å². The monoisotopic (exact) mass is 260 g/mol. The highest BCUT2D eigenvalue weighted by atomic mass is 16.5. The van der Waals surface area contributed by atoms with Gasteiger partial charge >= 0.3 is 0 Å². The fraction of sp³-hybridized carbons (Fsp3) is 0.357. The van der Waals surface area contributed by atoms with Gasteiger partial charge in [-0.15, -0.1) is 0 Å². The van der Waals surface area contributed by atoms with E-state index in [1.807, 2.05) is 25.1 Å². The number of rotatable bonds is 6. The fourth-order valence-electron chi connectivity index (χ4n) is 1.98. The standard InChI is InChI=1S/C14H20N4O/c1-3-19-13-6-4-11(5-7-13)9-18(2)10-12-8-14(15)17-16-12/h4-8H,3,9-10H2,1-2H3,(H3,15,16,17). The lowest BCUT2D eigenvalue weighted by atomic mass is 10.2. The number of aromatic nitrogens is 2. The Bertz CT molecular complexity index is 506. The van der Waals surface area contributed by atoms with Crippen LogP contribution in [0.4, 0.5) is 5.82 Å². The molecule has 0 aliphatic rings. The molecule has 0 aliphatic heterocycles. The largest absolute Gasteiger partial charge is 0.494 e. The highest BCUT2D eigenvalue weighted by Gasteiger charge is 2.04. The summed E-state index contributed by atoms with van der Waals surface area (Å²) < 4.78 is 5.42. The van der Waals surface area contributed by atoms with Crippen LogP contribution in [-0.4, -0.2) is 28.8 Å². The van der Waals surface area contributed by atoms with E-state index < -0.39 is 0 Å². The van der Waals surface area contributed by atoms with Gasteiger partial charge in [-0.2, -0.15) is 5.10 Å². The fourth-order valence-corrected chi connectivity index (χ4v) is 1.98. The van der Waals surface area contributed by atoms with Crippen LogP contribution >= 0.6 is 0 Å². The maximum absolute atomic E-state index is 5.58. The maximum Gasteiger partial charge on any atom is 0.145 e. The molecule has 0 atom stereocenters. The molecule has 0 aliphatic carbocycles. The summed E-state index contributed by atoms with van der Waals surface area (Å²) in [6.45, 7) is 4.33. The Morgan fingerprint density at radius 2 is 2.00 bits per heavy atom. The summed E-state index contributed by atoms with van der Waals surface area (Å²) in [6, 6.07) is 10.0. The normalized spacial score (nSPS) is 10.9. The Kier molecular flexibility index (Phi) is 4.41. The van der Waals surface area contributed by atoms with Gasteiger partial charge in [0.15, 0.2) is 0 Å². The van der Waals surface area contributed by atoms with Crippen molar-refractivity contribution in [1.29, 1.82) is 0 Å². The van der Waals surface area contributed by atoms with Gasteiger partial charge in [-0.05, 0) is 31.7 Å². The van der Waals surface area contributed by atoms with Gasteiger partial charge in [0.05, 0.1) is 12.3 Å². The van der Waals surface area contributed by atoms with Gasteiger partial charge in [0, 0.05) is 19.2 Å². The molecule has 19 heavy (non-hydrogen) atoms. The second-order valence-electron chi connectivity index (χ2n) is 4.57. The molecule has 1 aromatic carbocycles. The van der Waals surface area contributed by atoms with E-state index in [4.69, 9.17) is 10.5 Å². The van der Waals surface area contributed by atoms with Crippen LogP contribution < -0.4 is 10.5 Å². The minimum atomic E-state index is 0.532. The van der Waals surface area contributed by atoms with Crippen LogP contribution in [0.25, 0.3) is 0 Å². The molecular weight excluding hydrogens is 240 g/mol. The number of hydrogen-bond acceptors (Lipinski definition) is 4. The van der Waals surface area contributed by atoms with Crippen molar-refractivity contribution in [3.05, 3.63) is 41.6 Å². The van der Waals surface area contributed by atoms with Crippen LogP contribution in [0.1, 0.15) is 18.2 Å². The van der Waals surface area contributed by atoms with Crippen LogP contribution in [0.2, 0.25) is 0 Å². The lowest BCUT2D eigenvalue weighted by molar-refractivity contribution is 0.314. The zero-order chi connectivity index (χ0) is 13.7. The van der Waals surface area contributed by atoms with Crippen LogP contribution in [-0.2, 0) is 13.1 Å². The maximum atomic E-state index is 5.58. The molecule has 0 saturated heterocycles. The molecular formula is C14H20N4O. The molecule has 5 nitrogen and oxygen atoms in total. The van der Waals surface area contributed by atoms with Gasteiger partial charge in [0.1, 0.15) is 11.6 Å². The zero-order valence-corrected chi connectivity index (χ0v) is 11.4. The van der Waals surface area contributed by atoms with Crippen molar-refractivity contribution in [3.63, 3.8) is 0 Å². The van der Waals surface area contributed by atoms with Gasteiger partial charge in [-0.25, -0.2) is 0 Å². The molecule has 0 bridgehead atoms. The average molecular weight is 260 g/mol. The molecule has 102 valence electrons. The van der Waals surface area contributed by atoms with E-state index in [1.165, 1.54) is 5.56 Å². The van der Waals surface area contributed by atoms with Crippen molar-refractivity contribution in [3.8, 4) is 5.75 Å². The molecule has 0 unspecified atom stereocenters. The second kappa shape index (κ2) is 6.24. The topological polar surface area (TPSA) is 67.2 Å². The lowest BCUT2D eigenvalue weighted by Crippen LogP contribution is -2.17. The number of ether oxygens (including phenoxy) is 1. The lowest BCUT2D eigenvalue weighted by Gasteiger charge is -2.15. The molecule has 0 radical (unpaired) electrons. The Labute approximate surface area is 113 Å². The van der Waals surface area contributed by atoms with Crippen molar-refractivity contribution in [2.24, 2.45) is 0 Å². The van der Waals surface area contributed by atoms with Gasteiger partial charge in [-0.1, -0.05) is 12.1 Å². The highest BCUT2D eigenvalue weighted by Crippen LogP contribution is 2.14. The van der Waals surface area contributed by atoms with Crippen molar-refractivity contribution >= 4 is 5.82 Å². The molecule has 0 saturated carbocycles. The Hall–Kier alpha value is -2.01. The summed E-state index contributed by atoms with van der Waals surface area (Å²) in [5.74, 6) is 1.44. The number of hydrogen-bond donors (Lipinski definition) is 2. The Morgan fingerprint density at radius 1 is 1.26 bits per heavy atom. The van der Waals surface area contributed by atoms with Crippen LogP contribution in [0.15, 0.2) is 30.3 Å². The van der Waals surface area contributed by atoms with E-state index in [2.05, 4.69) is 34.3 Å². The number of nitrogens with zero attached hydrogens (tertiary/aromatic N) is 2. The summed E-state index contributed by atoms with van der Waals surface area (Å²) in [4.78, 5) is 2.20. The molecule has 3 N–H and O–H groups in total. The molecule has 0 fully saturated rings. The molecule has 2 rings (SSSR count). The first kappa shape index (κ1) is 13.4. The van der Waals surface area contributed by atoms with E-state index in [9.17, 15) is 0 Å². The molecule has 0 amide bonds. The molecule has 1 aromatic heterocycles. The summed E-state index contributed by atoms with van der Waals surface area (Å²) in [5.41, 5.74) is 7.85. The molecule has 0 spiro atoms. The van der Waals surface area contributed by atoms with Crippen molar-refractivity contribution in [2.75, 3.05) is 19.4 Å². The van der Waals surface area contributed by atoms with Crippen LogP contribution in [0, 0.1) is 0 Å². The molecule has 1 heterocycles. The third-order valence-corrected chi connectivity index (χ3v) is 2.78. The predicted molar refractivity (Wildman–Crippen MR) is 75.8 cm³/mol. The Balaban J connectivity index is 1.89. The number of benzene rings is 1. The smallest absolute Gasteiger partial charge is 0.145 e. The number of nitrogens with one attached hydrogen (secondary N) is 1. The minimum absolute atomic E-state index is 0.532. The molecule has 5 heteroatoms.